The van der Waals surface area contributed by atoms with Crippen LogP contribution in [0.3, 0.4) is 0 Å². The molecule has 2 aromatic carbocycles. The summed E-state index contributed by atoms with van der Waals surface area (Å²) in [6.45, 7) is 1.37. The van der Waals surface area contributed by atoms with Crippen LogP contribution in [0.25, 0.3) is 11.0 Å². The van der Waals surface area contributed by atoms with E-state index >= 15 is 0 Å². The van der Waals surface area contributed by atoms with Gasteiger partial charge in [-0.2, -0.15) is 13.4 Å². The first kappa shape index (κ1) is 15.0. The number of para-hydroxylation sites is 2. The molecular formula is C15H13N3O4S. The summed E-state index contributed by atoms with van der Waals surface area (Å²) >= 11 is 0. The highest BCUT2D eigenvalue weighted by Gasteiger charge is 2.18. The van der Waals surface area contributed by atoms with Crippen LogP contribution in [0.1, 0.15) is 6.92 Å². The highest BCUT2D eigenvalue weighted by atomic mass is 32.2. The van der Waals surface area contributed by atoms with E-state index in [-0.39, 0.29) is 16.8 Å². The van der Waals surface area contributed by atoms with E-state index in [4.69, 9.17) is 4.18 Å². The van der Waals surface area contributed by atoms with Gasteiger partial charge in [-0.1, -0.05) is 12.1 Å². The van der Waals surface area contributed by atoms with Gasteiger partial charge in [-0.15, -0.1) is 0 Å². The molecule has 118 valence electrons. The molecule has 0 radical (unpaired) electrons. The van der Waals surface area contributed by atoms with E-state index in [0.717, 1.165) is 0 Å². The van der Waals surface area contributed by atoms with Crippen LogP contribution in [0.15, 0.2) is 53.4 Å². The number of hydrogen-bond donors (Lipinski definition) is 2. The fourth-order valence-electron chi connectivity index (χ4n) is 2.03. The lowest BCUT2D eigenvalue weighted by molar-refractivity contribution is -0.114. The number of hydrogen-bond acceptors (Lipinski definition) is 5. The largest absolute Gasteiger partial charge is 0.342 e. The standard InChI is InChI=1S/C15H13N3O4S/c1-10(19)16-11-6-8-12(9-7-11)23(20,21)22-15-17-13-4-2-3-5-14(13)18-15/h2-9H,1H3,(H,16,19)(H,17,18). The number of carbonyl (C=O) groups is 1. The van der Waals surface area contributed by atoms with Crippen LogP contribution in [-0.4, -0.2) is 24.3 Å². The molecule has 0 spiro atoms. The summed E-state index contributed by atoms with van der Waals surface area (Å²) in [7, 11) is -4.01. The molecule has 8 heteroatoms. The van der Waals surface area contributed by atoms with Crippen LogP contribution >= 0.6 is 0 Å². The summed E-state index contributed by atoms with van der Waals surface area (Å²) in [5, 5.41) is 2.56. The molecule has 0 unspecified atom stereocenters. The molecule has 1 aromatic heterocycles. The normalized spacial score (nSPS) is 11.3. The summed E-state index contributed by atoms with van der Waals surface area (Å²) in [5.41, 5.74) is 1.79. The highest BCUT2D eigenvalue weighted by Crippen LogP contribution is 2.20. The van der Waals surface area contributed by atoms with Gasteiger partial charge in [0.2, 0.25) is 5.91 Å². The number of anilines is 1. The Morgan fingerprint density at radius 1 is 1.13 bits per heavy atom. The highest BCUT2D eigenvalue weighted by molar-refractivity contribution is 7.87. The van der Waals surface area contributed by atoms with Gasteiger partial charge in [-0.25, -0.2) is 0 Å². The average molecular weight is 331 g/mol. The summed E-state index contributed by atoms with van der Waals surface area (Å²) < 4.78 is 29.5. The second-order valence-electron chi connectivity index (χ2n) is 4.80. The Balaban J connectivity index is 1.84. The Bertz CT molecular complexity index is 929. The number of carbonyl (C=O) groups excluding carboxylic acids is 1. The first-order valence-electron chi connectivity index (χ1n) is 6.71. The third kappa shape index (κ3) is 3.32. The fraction of sp³-hybridized carbons (Fsp3) is 0.0667. The maximum atomic E-state index is 12.2. The molecule has 2 N–H and O–H groups in total. The minimum Gasteiger partial charge on any atom is -0.342 e. The van der Waals surface area contributed by atoms with Crippen LogP contribution in [0.4, 0.5) is 5.69 Å². The Morgan fingerprint density at radius 2 is 1.83 bits per heavy atom. The topological polar surface area (TPSA) is 101 Å². The minimum absolute atomic E-state index is 0.0351. The summed E-state index contributed by atoms with van der Waals surface area (Å²) in [4.78, 5) is 17.8. The van der Waals surface area contributed by atoms with Gasteiger partial charge in [-0.05, 0) is 36.4 Å². The Hall–Kier alpha value is -2.87. The van der Waals surface area contributed by atoms with Crippen LogP contribution in [0.5, 0.6) is 6.01 Å². The quantitative estimate of drug-likeness (QED) is 0.714. The van der Waals surface area contributed by atoms with Crippen molar-refractivity contribution in [3.8, 4) is 6.01 Å². The summed E-state index contributed by atoms with van der Waals surface area (Å²) in [5.74, 6) is -0.237. The lowest BCUT2D eigenvalue weighted by Crippen LogP contribution is -2.11. The van der Waals surface area contributed by atoms with Gasteiger partial charge in [0, 0.05) is 12.6 Å². The number of amides is 1. The van der Waals surface area contributed by atoms with Crippen molar-refractivity contribution in [2.75, 3.05) is 5.32 Å². The molecule has 0 atom stereocenters. The third-order valence-corrected chi connectivity index (χ3v) is 4.25. The number of H-pyrrole nitrogens is 1. The molecular weight excluding hydrogens is 318 g/mol. The predicted octanol–water partition coefficient (Wildman–Crippen LogP) is 2.29. The van der Waals surface area contributed by atoms with Crippen molar-refractivity contribution in [2.24, 2.45) is 0 Å². The molecule has 0 aliphatic carbocycles. The van der Waals surface area contributed by atoms with Gasteiger partial charge in [-0.3, -0.25) is 4.79 Å². The van der Waals surface area contributed by atoms with Crippen LogP contribution in [0.2, 0.25) is 0 Å². The van der Waals surface area contributed by atoms with E-state index in [1.165, 1.54) is 31.2 Å². The second-order valence-corrected chi connectivity index (χ2v) is 6.35. The van der Waals surface area contributed by atoms with Crippen LogP contribution in [-0.2, 0) is 14.9 Å². The zero-order valence-corrected chi connectivity index (χ0v) is 12.9. The van der Waals surface area contributed by atoms with Crippen molar-refractivity contribution >= 4 is 32.7 Å². The lowest BCUT2D eigenvalue weighted by atomic mass is 10.3. The third-order valence-electron chi connectivity index (χ3n) is 3.02. The molecule has 0 saturated heterocycles. The van der Waals surface area contributed by atoms with Gasteiger partial charge in [0.1, 0.15) is 4.90 Å². The number of nitrogens with one attached hydrogen (secondary N) is 2. The van der Waals surface area contributed by atoms with Gasteiger partial charge in [0.05, 0.1) is 11.0 Å². The molecule has 7 nitrogen and oxygen atoms in total. The van der Waals surface area contributed by atoms with E-state index in [1.807, 2.05) is 0 Å². The SMILES string of the molecule is CC(=O)Nc1ccc(S(=O)(=O)Oc2nc3ccccc3[nH]2)cc1. The monoisotopic (exact) mass is 331 g/mol. The number of fused-ring (bicyclic) bond motifs is 1. The Kier molecular flexibility index (Phi) is 3.75. The zero-order chi connectivity index (χ0) is 16.4. The van der Waals surface area contributed by atoms with E-state index < -0.39 is 10.1 Å². The van der Waals surface area contributed by atoms with Crippen molar-refractivity contribution in [1.29, 1.82) is 0 Å². The second kappa shape index (κ2) is 5.73. The van der Waals surface area contributed by atoms with Crippen molar-refractivity contribution in [3.05, 3.63) is 48.5 Å². The fourth-order valence-corrected chi connectivity index (χ4v) is 2.88. The van der Waals surface area contributed by atoms with Gasteiger partial charge < -0.3 is 14.5 Å². The molecule has 1 heterocycles. The number of nitrogens with zero attached hydrogens (tertiary/aromatic N) is 1. The molecule has 0 fully saturated rings. The molecule has 0 saturated carbocycles. The molecule has 0 bridgehead atoms. The number of benzene rings is 2. The van der Waals surface area contributed by atoms with Gasteiger partial charge in [0.15, 0.2) is 0 Å². The number of imidazole rings is 1. The Morgan fingerprint density at radius 3 is 2.48 bits per heavy atom. The van der Waals surface area contributed by atoms with E-state index in [2.05, 4.69) is 15.3 Å². The number of aromatic amines is 1. The molecule has 0 aliphatic heterocycles. The van der Waals surface area contributed by atoms with Crippen molar-refractivity contribution in [3.63, 3.8) is 0 Å². The molecule has 23 heavy (non-hydrogen) atoms. The molecule has 3 aromatic rings. The van der Waals surface area contributed by atoms with Crippen LogP contribution < -0.4 is 9.50 Å². The summed E-state index contributed by atoms with van der Waals surface area (Å²) in [6.07, 6.45) is 0. The lowest BCUT2D eigenvalue weighted by Gasteiger charge is -2.05. The van der Waals surface area contributed by atoms with Crippen molar-refractivity contribution < 1.29 is 17.4 Å². The number of aromatic nitrogens is 2. The maximum absolute atomic E-state index is 12.2. The Labute approximate surface area is 132 Å². The van der Waals surface area contributed by atoms with Crippen molar-refractivity contribution in [1.82, 2.24) is 9.97 Å². The predicted molar refractivity (Wildman–Crippen MR) is 84.7 cm³/mol. The maximum Gasteiger partial charge on any atom is 0.341 e. The van der Waals surface area contributed by atoms with Crippen LogP contribution in [0, 0.1) is 0 Å². The van der Waals surface area contributed by atoms with E-state index in [0.29, 0.717) is 16.7 Å². The summed E-state index contributed by atoms with van der Waals surface area (Å²) in [6, 6.07) is 12.7. The molecule has 3 rings (SSSR count). The average Bonchev–Trinajstić information content (AvgIpc) is 2.88. The minimum atomic E-state index is -4.01. The van der Waals surface area contributed by atoms with E-state index in [9.17, 15) is 13.2 Å². The zero-order valence-electron chi connectivity index (χ0n) is 12.1. The first-order chi connectivity index (χ1) is 10.9. The van der Waals surface area contributed by atoms with Gasteiger partial charge >= 0.3 is 16.1 Å². The van der Waals surface area contributed by atoms with Gasteiger partial charge in [0.25, 0.3) is 0 Å². The van der Waals surface area contributed by atoms with E-state index in [1.54, 1.807) is 24.3 Å². The molecule has 0 aliphatic rings. The molecule has 1 amide bonds. The first-order valence-corrected chi connectivity index (χ1v) is 8.12. The number of rotatable bonds is 4. The smallest absolute Gasteiger partial charge is 0.341 e. The van der Waals surface area contributed by atoms with Crippen molar-refractivity contribution in [2.45, 2.75) is 11.8 Å².